The first-order chi connectivity index (χ1) is 10.7. The minimum atomic E-state index is -0.395. The van der Waals surface area contributed by atoms with E-state index in [-0.39, 0.29) is 12.6 Å². The van der Waals surface area contributed by atoms with Crippen LogP contribution in [0.2, 0.25) is 0 Å². The van der Waals surface area contributed by atoms with Gasteiger partial charge in [-0.05, 0) is 19.0 Å². The summed E-state index contributed by atoms with van der Waals surface area (Å²) in [7, 11) is 2.01. The Balaban J connectivity index is 1.88. The molecule has 1 fully saturated rings. The number of β-amino-alcohol motifs (C(OH)–C–C–N with tert-alkyl or cyclic N) is 1. The number of hydrogen-bond acceptors (Lipinski definition) is 5. The van der Waals surface area contributed by atoms with Crippen LogP contribution in [0.1, 0.15) is 18.0 Å². The molecule has 0 radical (unpaired) electrons. The summed E-state index contributed by atoms with van der Waals surface area (Å²) in [5.41, 5.74) is 1.18. The number of aliphatic hydroxyl groups is 2. The molecular formula is C17H28N2O3. The van der Waals surface area contributed by atoms with E-state index in [0.29, 0.717) is 19.5 Å². The number of nitrogens with zero attached hydrogens (tertiary/aromatic N) is 2. The number of hydrogen-bond donors (Lipinski definition) is 2. The van der Waals surface area contributed by atoms with Gasteiger partial charge < -0.3 is 14.9 Å². The first kappa shape index (κ1) is 17.4. The number of aliphatic hydroxyl groups excluding tert-OH is 2. The van der Waals surface area contributed by atoms with E-state index in [4.69, 9.17) is 4.74 Å². The third-order valence-corrected chi connectivity index (χ3v) is 4.19. The first-order valence-corrected chi connectivity index (χ1v) is 8.05. The van der Waals surface area contributed by atoms with Crippen molar-refractivity contribution in [2.45, 2.75) is 18.6 Å². The van der Waals surface area contributed by atoms with Crippen LogP contribution < -0.4 is 0 Å². The fraction of sp³-hybridized carbons (Fsp3) is 0.647. The molecule has 2 atom stereocenters. The van der Waals surface area contributed by atoms with Crippen LogP contribution in [0.5, 0.6) is 0 Å². The van der Waals surface area contributed by atoms with Gasteiger partial charge in [-0.25, -0.2) is 0 Å². The van der Waals surface area contributed by atoms with E-state index in [1.54, 1.807) is 0 Å². The van der Waals surface area contributed by atoms with Crippen molar-refractivity contribution in [3.8, 4) is 0 Å². The second-order valence-corrected chi connectivity index (χ2v) is 5.95. The lowest BCUT2D eigenvalue weighted by molar-refractivity contribution is 0.00478. The molecule has 2 unspecified atom stereocenters. The maximum Gasteiger partial charge on any atom is 0.0793 e. The van der Waals surface area contributed by atoms with Crippen LogP contribution in [0.15, 0.2) is 30.3 Å². The Morgan fingerprint density at radius 1 is 1.23 bits per heavy atom. The summed E-state index contributed by atoms with van der Waals surface area (Å²) in [6.45, 7) is 4.69. The lowest BCUT2D eigenvalue weighted by atomic mass is 10.0. The highest BCUT2D eigenvalue weighted by Gasteiger charge is 2.21. The van der Waals surface area contributed by atoms with Crippen molar-refractivity contribution in [3.63, 3.8) is 0 Å². The molecule has 2 rings (SSSR count). The van der Waals surface area contributed by atoms with E-state index in [1.807, 2.05) is 25.2 Å². The molecule has 0 aliphatic carbocycles. The third kappa shape index (κ3) is 5.34. The topological polar surface area (TPSA) is 56.2 Å². The average molecular weight is 308 g/mol. The normalized spacial score (nSPS) is 19.3. The number of likely N-dealkylation sites (N-methyl/N-ethyl adjacent to an activating group) is 1. The summed E-state index contributed by atoms with van der Waals surface area (Å²) in [5.74, 6) is 0. The predicted octanol–water partition coefficient (Wildman–Crippen LogP) is 0.735. The molecule has 0 amide bonds. The summed E-state index contributed by atoms with van der Waals surface area (Å²) >= 11 is 0. The Morgan fingerprint density at radius 2 is 1.91 bits per heavy atom. The van der Waals surface area contributed by atoms with Gasteiger partial charge in [0.15, 0.2) is 0 Å². The molecule has 0 saturated carbocycles. The zero-order valence-electron chi connectivity index (χ0n) is 13.4. The van der Waals surface area contributed by atoms with Crippen LogP contribution in [0, 0.1) is 0 Å². The van der Waals surface area contributed by atoms with Gasteiger partial charge in [0.1, 0.15) is 0 Å². The minimum absolute atomic E-state index is 0.130. The lowest BCUT2D eigenvalue weighted by Gasteiger charge is -2.33. The van der Waals surface area contributed by atoms with Crippen LogP contribution >= 0.6 is 0 Å². The van der Waals surface area contributed by atoms with E-state index in [1.165, 1.54) is 5.56 Å². The van der Waals surface area contributed by atoms with Gasteiger partial charge in [-0.3, -0.25) is 9.80 Å². The average Bonchev–Trinajstić information content (AvgIpc) is 2.54. The summed E-state index contributed by atoms with van der Waals surface area (Å²) in [4.78, 5) is 4.38. The summed E-state index contributed by atoms with van der Waals surface area (Å²) < 4.78 is 5.33. The van der Waals surface area contributed by atoms with Crippen molar-refractivity contribution in [2.75, 3.05) is 53.0 Å². The van der Waals surface area contributed by atoms with Crippen LogP contribution in [0.4, 0.5) is 0 Å². The highest BCUT2D eigenvalue weighted by atomic mass is 16.5. The van der Waals surface area contributed by atoms with E-state index >= 15 is 0 Å². The van der Waals surface area contributed by atoms with Gasteiger partial charge in [0.25, 0.3) is 0 Å². The van der Waals surface area contributed by atoms with Crippen molar-refractivity contribution in [1.29, 1.82) is 0 Å². The molecule has 2 N–H and O–H groups in total. The quantitative estimate of drug-likeness (QED) is 0.742. The molecule has 5 heteroatoms. The smallest absolute Gasteiger partial charge is 0.0793 e. The predicted molar refractivity (Wildman–Crippen MR) is 86.8 cm³/mol. The molecule has 0 aromatic heterocycles. The summed E-state index contributed by atoms with van der Waals surface area (Å²) in [6.07, 6.45) is 0.276. The van der Waals surface area contributed by atoms with Gasteiger partial charge in [0.05, 0.1) is 19.3 Å². The van der Waals surface area contributed by atoms with Crippen LogP contribution in [-0.2, 0) is 4.74 Å². The van der Waals surface area contributed by atoms with Crippen LogP contribution in [0.3, 0.4) is 0 Å². The molecule has 1 aromatic rings. The molecule has 1 saturated heterocycles. The molecule has 1 heterocycles. The monoisotopic (exact) mass is 308 g/mol. The highest BCUT2D eigenvalue weighted by molar-refractivity contribution is 5.19. The van der Waals surface area contributed by atoms with E-state index in [2.05, 4.69) is 21.9 Å². The van der Waals surface area contributed by atoms with Gasteiger partial charge in [-0.1, -0.05) is 30.3 Å². The highest BCUT2D eigenvalue weighted by Crippen LogP contribution is 2.22. The molecule has 22 heavy (non-hydrogen) atoms. The molecule has 0 bridgehead atoms. The first-order valence-electron chi connectivity index (χ1n) is 8.05. The third-order valence-electron chi connectivity index (χ3n) is 4.19. The number of benzene rings is 1. The molecule has 1 aliphatic heterocycles. The molecule has 0 spiro atoms. The van der Waals surface area contributed by atoms with Gasteiger partial charge in [0, 0.05) is 38.8 Å². The Labute approximate surface area is 133 Å². The van der Waals surface area contributed by atoms with Crippen molar-refractivity contribution in [1.82, 2.24) is 9.80 Å². The van der Waals surface area contributed by atoms with Crippen molar-refractivity contribution in [3.05, 3.63) is 35.9 Å². The zero-order chi connectivity index (χ0) is 15.8. The second kappa shape index (κ2) is 9.22. The Kier molecular flexibility index (Phi) is 7.29. The minimum Gasteiger partial charge on any atom is -0.396 e. The van der Waals surface area contributed by atoms with Gasteiger partial charge in [-0.15, -0.1) is 0 Å². The molecular weight excluding hydrogens is 280 g/mol. The fourth-order valence-corrected chi connectivity index (χ4v) is 3.04. The van der Waals surface area contributed by atoms with Crippen molar-refractivity contribution in [2.24, 2.45) is 0 Å². The van der Waals surface area contributed by atoms with Gasteiger partial charge in [-0.2, -0.15) is 0 Å². The number of rotatable bonds is 8. The molecule has 1 aliphatic rings. The Hall–Kier alpha value is -0.980. The van der Waals surface area contributed by atoms with E-state index < -0.39 is 6.10 Å². The maximum atomic E-state index is 10.3. The fourth-order valence-electron chi connectivity index (χ4n) is 3.04. The number of morpholine rings is 1. The standard InChI is InChI=1S/C17H28N2O3/c1-18(13-16(21)14-19-8-11-22-12-9-19)17(7-10-20)15-5-3-2-4-6-15/h2-6,16-17,20-21H,7-14H2,1H3. The summed E-state index contributed by atoms with van der Waals surface area (Å²) in [5, 5.41) is 19.7. The van der Waals surface area contributed by atoms with Crippen LogP contribution in [-0.4, -0.2) is 79.2 Å². The maximum absolute atomic E-state index is 10.3. The van der Waals surface area contributed by atoms with Gasteiger partial charge >= 0.3 is 0 Å². The number of ether oxygens (including phenoxy) is 1. The second-order valence-electron chi connectivity index (χ2n) is 5.95. The van der Waals surface area contributed by atoms with Crippen molar-refractivity contribution >= 4 is 0 Å². The largest absolute Gasteiger partial charge is 0.396 e. The Bertz CT molecular complexity index is 410. The van der Waals surface area contributed by atoms with Crippen LogP contribution in [0.25, 0.3) is 0 Å². The SMILES string of the molecule is CN(CC(O)CN1CCOCC1)C(CCO)c1ccccc1. The zero-order valence-corrected chi connectivity index (χ0v) is 13.4. The van der Waals surface area contributed by atoms with Gasteiger partial charge in [0.2, 0.25) is 0 Å². The summed E-state index contributed by atoms with van der Waals surface area (Å²) in [6, 6.07) is 10.3. The lowest BCUT2D eigenvalue weighted by Crippen LogP contribution is -2.44. The molecule has 124 valence electrons. The van der Waals surface area contributed by atoms with E-state index in [9.17, 15) is 10.2 Å². The Morgan fingerprint density at radius 3 is 2.55 bits per heavy atom. The van der Waals surface area contributed by atoms with Crippen molar-refractivity contribution < 1.29 is 14.9 Å². The molecule has 1 aromatic carbocycles. The van der Waals surface area contributed by atoms with E-state index in [0.717, 1.165) is 26.3 Å². The molecule has 5 nitrogen and oxygen atoms in total.